The Morgan fingerprint density at radius 3 is 3.06 bits per heavy atom. The van der Waals surface area contributed by atoms with Crippen LogP contribution in [0.2, 0.25) is 0 Å². The number of anilines is 1. The van der Waals surface area contributed by atoms with Gasteiger partial charge in [0, 0.05) is 20.1 Å². The maximum atomic E-state index is 11.3. The summed E-state index contributed by atoms with van der Waals surface area (Å²) in [5, 5.41) is 3.02. The molecule has 0 aliphatic rings. The Kier molecular flexibility index (Phi) is 4.78. The first-order valence-corrected chi connectivity index (χ1v) is 5.17. The zero-order chi connectivity index (χ0) is 12.0. The van der Waals surface area contributed by atoms with E-state index in [-0.39, 0.29) is 5.69 Å². The normalized spacial score (nSPS) is 10.2. The van der Waals surface area contributed by atoms with Gasteiger partial charge in [-0.15, -0.1) is 0 Å². The first kappa shape index (κ1) is 12.5. The molecule has 0 amide bonds. The molecule has 0 radical (unpaired) electrons. The lowest BCUT2D eigenvalue weighted by Gasteiger charge is -2.13. The molecule has 0 fully saturated rings. The third kappa shape index (κ3) is 3.23. The van der Waals surface area contributed by atoms with Crippen molar-refractivity contribution < 1.29 is 13.9 Å². The van der Waals surface area contributed by atoms with Crippen molar-refractivity contribution in [2.24, 2.45) is 0 Å². The number of esters is 1. The van der Waals surface area contributed by atoms with Crippen molar-refractivity contribution in [1.82, 2.24) is 10.3 Å². The second-order valence-corrected chi connectivity index (χ2v) is 3.26. The van der Waals surface area contributed by atoms with E-state index in [1.165, 1.54) is 6.26 Å². The predicted molar refractivity (Wildman–Crippen MR) is 59.7 cm³/mol. The summed E-state index contributed by atoms with van der Waals surface area (Å²) in [4.78, 5) is 17.2. The third-order valence-corrected chi connectivity index (χ3v) is 2.00. The molecule has 0 atom stereocenters. The van der Waals surface area contributed by atoms with Crippen LogP contribution < -0.4 is 10.2 Å². The monoisotopic (exact) mass is 227 g/mol. The SMILES string of the molecule is CCOC(=O)c1coc(N(C)CCNC)n1. The van der Waals surface area contributed by atoms with Crippen LogP contribution in [0.25, 0.3) is 0 Å². The van der Waals surface area contributed by atoms with Crippen molar-refractivity contribution in [1.29, 1.82) is 0 Å². The minimum Gasteiger partial charge on any atom is -0.461 e. The quantitative estimate of drug-likeness (QED) is 0.714. The molecule has 1 N–H and O–H groups in total. The van der Waals surface area contributed by atoms with Gasteiger partial charge in [0.15, 0.2) is 5.69 Å². The minimum absolute atomic E-state index is 0.202. The van der Waals surface area contributed by atoms with Gasteiger partial charge in [-0.2, -0.15) is 4.98 Å². The van der Waals surface area contributed by atoms with Gasteiger partial charge in [-0.25, -0.2) is 4.79 Å². The summed E-state index contributed by atoms with van der Waals surface area (Å²) in [6.07, 6.45) is 1.31. The molecule has 0 aliphatic carbocycles. The van der Waals surface area contributed by atoms with E-state index in [1.54, 1.807) is 6.92 Å². The summed E-state index contributed by atoms with van der Waals surface area (Å²) in [7, 11) is 3.71. The predicted octanol–water partition coefficient (Wildman–Crippen LogP) is 0.507. The van der Waals surface area contributed by atoms with E-state index in [0.29, 0.717) is 12.6 Å². The Labute approximate surface area is 94.6 Å². The molecule has 1 heterocycles. The number of rotatable bonds is 6. The van der Waals surface area contributed by atoms with Crippen LogP contribution in [0, 0.1) is 0 Å². The summed E-state index contributed by atoms with van der Waals surface area (Å²) in [6, 6.07) is 0.415. The molecule has 0 aromatic carbocycles. The van der Waals surface area contributed by atoms with Gasteiger partial charge >= 0.3 is 5.97 Å². The molecular formula is C10H17N3O3. The smallest absolute Gasteiger partial charge is 0.360 e. The van der Waals surface area contributed by atoms with Crippen molar-refractivity contribution in [2.45, 2.75) is 6.92 Å². The van der Waals surface area contributed by atoms with Crippen LogP contribution in [0.5, 0.6) is 0 Å². The Balaban J connectivity index is 2.59. The van der Waals surface area contributed by atoms with Crippen LogP contribution in [-0.4, -0.2) is 44.7 Å². The molecule has 1 aromatic rings. The second-order valence-electron chi connectivity index (χ2n) is 3.26. The topological polar surface area (TPSA) is 67.6 Å². The van der Waals surface area contributed by atoms with Gasteiger partial charge in [-0.1, -0.05) is 0 Å². The van der Waals surface area contributed by atoms with Crippen molar-refractivity contribution in [2.75, 3.05) is 38.7 Å². The first-order chi connectivity index (χ1) is 7.69. The van der Waals surface area contributed by atoms with Crippen LogP contribution in [0.4, 0.5) is 6.01 Å². The van der Waals surface area contributed by atoms with E-state index in [0.717, 1.165) is 13.1 Å². The van der Waals surface area contributed by atoms with E-state index in [4.69, 9.17) is 9.15 Å². The molecule has 1 rings (SSSR count). The molecule has 0 spiro atoms. The molecule has 6 nitrogen and oxygen atoms in total. The first-order valence-electron chi connectivity index (χ1n) is 5.17. The molecule has 0 aliphatic heterocycles. The number of ether oxygens (including phenoxy) is 1. The summed E-state index contributed by atoms with van der Waals surface area (Å²) in [5.74, 6) is -0.459. The summed E-state index contributed by atoms with van der Waals surface area (Å²) in [5.41, 5.74) is 0.202. The number of carbonyl (C=O) groups is 1. The van der Waals surface area contributed by atoms with Gasteiger partial charge in [0.25, 0.3) is 6.01 Å². The number of likely N-dealkylation sites (N-methyl/N-ethyl adjacent to an activating group) is 2. The molecule has 90 valence electrons. The van der Waals surface area contributed by atoms with Gasteiger partial charge in [0.1, 0.15) is 6.26 Å². The highest BCUT2D eigenvalue weighted by Gasteiger charge is 2.15. The summed E-state index contributed by atoms with van der Waals surface area (Å²) >= 11 is 0. The molecule has 1 aromatic heterocycles. The van der Waals surface area contributed by atoms with E-state index in [1.807, 2.05) is 19.0 Å². The van der Waals surface area contributed by atoms with E-state index < -0.39 is 5.97 Å². The third-order valence-electron chi connectivity index (χ3n) is 2.00. The fourth-order valence-corrected chi connectivity index (χ4v) is 1.11. The van der Waals surface area contributed by atoms with Gasteiger partial charge in [-0.3, -0.25) is 0 Å². The average Bonchev–Trinajstić information content (AvgIpc) is 2.75. The Morgan fingerprint density at radius 2 is 2.44 bits per heavy atom. The van der Waals surface area contributed by atoms with Crippen LogP contribution in [-0.2, 0) is 4.74 Å². The number of carbonyl (C=O) groups excluding carboxylic acids is 1. The summed E-state index contributed by atoms with van der Waals surface area (Å²) in [6.45, 7) is 3.64. The zero-order valence-corrected chi connectivity index (χ0v) is 9.82. The Morgan fingerprint density at radius 1 is 1.69 bits per heavy atom. The van der Waals surface area contributed by atoms with Crippen LogP contribution >= 0.6 is 0 Å². The van der Waals surface area contributed by atoms with E-state index in [9.17, 15) is 4.79 Å². The largest absolute Gasteiger partial charge is 0.461 e. The average molecular weight is 227 g/mol. The van der Waals surface area contributed by atoms with Gasteiger partial charge in [0.2, 0.25) is 0 Å². The maximum absolute atomic E-state index is 11.3. The number of hydrogen-bond acceptors (Lipinski definition) is 6. The summed E-state index contributed by atoms with van der Waals surface area (Å²) < 4.78 is 9.99. The molecule has 6 heteroatoms. The lowest BCUT2D eigenvalue weighted by molar-refractivity contribution is 0.0519. The lowest BCUT2D eigenvalue weighted by atomic mass is 10.5. The van der Waals surface area contributed by atoms with Crippen molar-refractivity contribution in [3.63, 3.8) is 0 Å². The highest BCUT2D eigenvalue weighted by Crippen LogP contribution is 2.12. The number of aromatic nitrogens is 1. The van der Waals surface area contributed by atoms with E-state index in [2.05, 4.69) is 10.3 Å². The number of hydrogen-bond donors (Lipinski definition) is 1. The molecule has 0 bridgehead atoms. The Hall–Kier alpha value is -1.56. The van der Waals surface area contributed by atoms with Gasteiger partial charge < -0.3 is 19.4 Å². The molecule has 0 saturated heterocycles. The number of nitrogens with zero attached hydrogens (tertiary/aromatic N) is 2. The van der Waals surface area contributed by atoms with Crippen molar-refractivity contribution >= 4 is 12.0 Å². The molecular weight excluding hydrogens is 210 g/mol. The van der Waals surface area contributed by atoms with Gasteiger partial charge in [-0.05, 0) is 14.0 Å². The molecule has 0 unspecified atom stereocenters. The van der Waals surface area contributed by atoms with Crippen molar-refractivity contribution in [3.05, 3.63) is 12.0 Å². The standard InChI is InChI=1S/C10H17N3O3/c1-4-15-9(14)8-7-16-10(12-8)13(3)6-5-11-2/h7,11H,4-6H2,1-3H3. The van der Waals surface area contributed by atoms with Crippen LogP contribution in [0.15, 0.2) is 10.7 Å². The fourth-order valence-electron chi connectivity index (χ4n) is 1.11. The number of oxazole rings is 1. The van der Waals surface area contributed by atoms with Crippen LogP contribution in [0.3, 0.4) is 0 Å². The van der Waals surface area contributed by atoms with E-state index >= 15 is 0 Å². The fraction of sp³-hybridized carbons (Fsp3) is 0.600. The zero-order valence-electron chi connectivity index (χ0n) is 9.82. The minimum atomic E-state index is -0.459. The maximum Gasteiger partial charge on any atom is 0.360 e. The van der Waals surface area contributed by atoms with Gasteiger partial charge in [0.05, 0.1) is 6.61 Å². The van der Waals surface area contributed by atoms with Crippen molar-refractivity contribution in [3.8, 4) is 0 Å². The highest BCUT2D eigenvalue weighted by molar-refractivity contribution is 5.87. The Bertz CT molecular complexity index is 338. The molecule has 0 saturated carbocycles. The highest BCUT2D eigenvalue weighted by atomic mass is 16.5. The lowest BCUT2D eigenvalue weighted by Crippen LogP contribution is -2.27. The molecule has 16 heavy (non-hydrogen) atoms. The number of nitrogens with one attached hydrogen (secondary N) is 1. The second kappa shape index (κ2) is 6.12. The van der Waals surface area contributed by atoms with Crippen LogP contribution in [0.1, 0.15) is 17.4 Å².